The van der Waals surface area contributed by atoms with E-state index in [9.17, 15) is 9.90 Å². The van der Waals surface area contributed by atoms with Crippen molar-refractivity contribution in [1.82, 2.24) is 0 Å². The van der Waals surface area contributed by atoms with E-state index in [1.165, 1.54) is 25.3 Å². The molecule has 0 N–H and O–H groups in total. The zero-order chi connectivity index (χ0) is 15.3. The van der Waals surface area contributed by atoms with Gasteiger partial charge in [0.25, 0.3) is 0 Å². The van der Waals surface area contributed by atoms with E-state index in [-0.39, 0.29) is 30.8 Å². The first-order valence-electron chi connectivity index (χ1n) is 8.01. The van der Waals surface area contributed by atoms with Gasteiger partial charge in [-0.3, -0.25) is 0 Å². The van der Waals surface area contributed by atoms with Crippen molar-refractivity contribution in [2.45, 2.75) is 64.4 Å². The normalized spacial score (nSPS) is 25.4. The van der Waals surface area contributed by atoms with Gasteiger partial charge in [0.05, 0.1) is 12.6 Å². The van der Waals surface area contributed by atoms with Gasteiger partial charge < -0.3 is 14.6 Å². The summed E-state index contributed by atoms with van der Waals surface area (Å²) in [7, 11) is 0. The van der Waals surface area contributed by atoms with Gasteiger partial charge in [0.2, 0.25) is 0 Å². The summed E-state index contributed by atoms with van der Waals surface area (Å²) in [6.07, 6.45) is 10.6. The van der Waals surface area contributed by atoms with Crippen LogP contribution in [0.4, 0.5) is 0 Å². The van der Waals surface area contributed by atoms with Gasteiger partial charge in [0.15, 0.2) is 0 Å². The van der Waals surface area contributed by atoms with Gasteiger partial charge >= 0.3 is 24.8 Å². The van der Waals surface area contributed by atoms with E-state index in [1.54, 1.807) is 13.0 Å². The molecule has 0 saturated heterocycles. The molecule has 0 aromatic rings. The summed E-state index contributed by atoms with van der Waals surface area (Å²) < 4.78 is 10.3. The Morgan fingerprint density at radius 2 is 2.09 bits per heavy atom. The van der Waals surface area contributed by atoms with Gasteiger partial charge in [-0.1, -0.05) is 25.3 Å². The van der Waals surface area contributed by atoms with Crippen LogP contribution in [0.3, 0.4) is 0 Å². The zero-order valence-corrected chi connectivity index (χ0v) is 14.0. The fraction of sp³-hybridized carbons (Fsp3) is 0.706. The third-order valence-electron chi connectivity index (χ3n) is 4.45. The van der Waals surface area contributed by atoms with E-state index in [0.29, 0.717) is 18.9 Å². The summed E-state index contributed by atoms with van der Waals surface area (Å²) in [5, 5.41) is 11.8. The Balaban J connectivity index is 0.00000242. The molecule has 0 radical (unpaired) electrons. The van der Waals surface area contributed by atoms with Gasteiger partial charge in [-0.25, -0.2) is 4.79 Å². The van der Waals surface area contributed by atoms with Crippen molar-refractivity contribution in [1.29, 1.82) is 0 Å². The largest absolute Gasteiger partial charge is 1.00 e. The van der Waals surface area contributed by atoms with Gasteiger partial charge in [0.1, 0.15) is 0 Å². The number of carbonyl (C=O) groups excluding carboxylic acids is 1. The smallest absolute Gasteiger partial charge is 0.603 e. The average molecular weight is 300 g/mol. The molecule has 0 bridgehead atoms. The first kappa shape index (κ1) is 19.2. The Kier molecular flexibility index (Phi) is 7.59. The van der Waals surface area contributed by atoms with Crippen LogP contribution in [0.1, 0.15) is 58.8 Å². The predicted octanol–water partition coefficient (Wildman–Crippen LogP) is -0.169. The molecule has 118 valence electrons. The molecule has 1 aliphatic carbocycles. The SMILES string of the molecule is CCOC(=O)/C=C/CCC1(C)OC([O-])=C1C1CCCCC1.[Li+]. The van der Waals surface area contributed by atoms with Gasteiger partial charge in [-0.15, -0.1) is 0 Å². The summed E-state index contributed by atoms with van der Waals surface area (Å²) in [5.41, 5.74) is 0.546. The fourth-order valence-corrected chi connectivity index (χ4v) is 3.39. The molecule has 1 heterocycles. The van der Waals surface area contributed by atoms with Crippen LogP contribution >= 0.6 is 0 Å². The molecular weight excluding hydrogens is 275 g/mol. The van der Waals surface area contributed by atoms with E-state index in [0.717, 1.165) is 24.8 Å². The molecule has 1 atom stereocenters. The molecular formula is C17H25LiO4. The second-order valence-corrected chi connectivity index (χ2v) is 6.06. The summed E-state index contributed by atoms with van der Waals surface area (Å²) >= 11 is 0. The molecule has 2 rings (SSSR count). The van der Waals surface area contributed by atoms with Crippen LogP contribution in [0.5, 0.6) is 0 Å². The Labute approximate surface area is 145 Å². The van der Waals surface area contributed by atoms with Gasteiger partial charge in [-0.05, 0) is 51.0 Å². The standard InChI is InChI=1S/C17H26O4.Li/c1-3-20-14(18)11-7-8-12-17(2)15(16(19)21-17)13-9-5-4-6-10-13;/h7,11,13,19H,3-6,8-10,12H2,1-2H3;/q;+1/p-1/b11-7+;. The van der Waals surface area contributed by atoms with Crippen LogP contribution in [0, 0.1) is 5.92 Å². The summed E-state index contributed by atoms with van der Waals surface area (Å²) in [6, 6.07) is 0. The third kappa shape index (κ3) is 4.57. The minimum atomic E-state index is -0.432. The van der Waals surface area contributed by atoms with Crippen molar-refractivity contribution in [2.24, 2.45) is 5.92 Å². The minimum absolute atomic E-state index is 0. The van der Waals surface area contributed by atoms with E-state index in [1.807, 2.05) is 6.92 Å². The van der Waals surface area contributed by atoms with Gasteiger partial charge in [0, 0.05) is 11.7 Å². The Hall–Kier alpha value is -0.853. The summed E-state index contributed by atoms with van der Waals surface area (Å²) in [4.78, 5) is 11.2. The van der Waals surface area contributed by atoms with Crippen LogP contribution in [0.15, 0.2) is 23.7 Å². The molecule has 22 heavy (non-hydrogen) atoms. The van der Waals surface area contributed by atoms with E-state index >= 15 is 0 Å². The fourth-order valence-electron chi connectivity index (χ4n) is 3.39. The topological polar surface area (TPSA) is 58.6 Å². The van der Waals surface area contributed by atoms with E-state index in [2.05, 4.69) is 0 Å². The Morgan fingerprint density at radius 1 is 1.41 bits per heavy atom. The van der Waals surface area contributed by atoms with Crippen LogP contribution in [-0.4, -0.2) is 18.2 Å². The quantitative estimate of drug-likeness (QED) is 0.388. The molecule has 2 aliphatic rings. The van der Waals surface area contributed by atoms with Crippen LogP contribution in [0.2, 0.25) is 0 Å². The summed E-state index contributed by atoms with van der Waals surface area (Å²) in [5.74, 6) is -0.0254. The molecule has 5 heteroatoms. The molecule has 1 saturated carbocycles. The van der Waals surface area contributed by atoms with Crippen LogP contribution in [0.25, 0.3) is 0 Å². The molecule has 1 aliphatic heterocycles. The van der Waals surface area contributed by atoms with Crippen molar-refractivity contribution < 1.29 is 38.2 Å². The number of hydrogen-bond donors (Lipinski definition) is 0. The number of ether oxygens (including phenoxy) is 2. The number of allylic oxidation sites excluding steroid dienone is 1. The molecule has 0 aromatic heterocycles. The van der Waals surface area contributed by atoms with Crippen molar-refractivity contribution in [3.05, 3.63) is 23.7 Å². The number of hydrogen-bond acceptors (Lipinski definition) is 4. The first-order valence-corrected chi connectivity index (χ1v) is 8.01. The minimum Gasteiger partial charge on any atom is -0.603 e. The Morgan fingerprint density at radius 3 is 2.68 bits per heavy atom. The number of esters is 1. The maximum absolute atomic E-state index is 11.8. The van der Waals surface area contributed by atoms with E-state index in [4.69, 9.17) is 9.47 Å². The number of rotatable bonds is 6. The molecule has 1 fully saturated rings. The monoisotopic (exact) mass is 300 g/mol. The maximum atomic E-state index is 11.8. The first-order chi connectivity index (χ1) is 10.1. The maximum Gasteiger partial charge on any atom is 1.00 e. The zero-order valence-electron chi connectivity index (χ0n) is 14.0. The molecule has 0 aromatic carbocycles. The molecule has 4 nitrogen and oxygen atoms in total. The molecule has 0 amide bonds. The number of carbonyl (C=O) groups is 1. The summed E-state index contributed by atoms with van der Waals surface area (Å²) in [6.45, 7) is 4.17. The molecule has 0 spiro atoms. The second kappa shape index (κ2) is 8.69. The molecule has 1 unspecified atom stereocenters. The van der Waals surface area contributed by atoms with Crippen molar-refractivity contribution in [2.75, 3.05) is 6.61 Å². The second-order valence-electron chi connectivity index (χ2n) is 6.06. The van der Waals surface area contributed by atoms with Crippen molar-refractivity contribution >= 4 is 5.97 Å². The van der Waals surface area contributed by atoms with Crippen LogP contribution in [-0.2, 0) is 14.3 Å². The van der Waals surface area contributed by atoms with Crippen molar-refractivity contribution in [3.63, 3.8) is 0 Å². The van der Waals surface area contributed by atoms with Gasteiger partial charge in [-0.2, -0.15) is 0 Å². The van der Waals surface area contributed by atoms with Crippen LogP contribution < -0.4 is 24.0 Å². The predicted molar refractivity (Wildman–Crippen MR) is 78.1 cm³/mol. The van der Waals surface area contributed by atoms with Crippen molar-refractivity contribution in [3.8, 4) is 0 Å². The average Bonchev–Trinajstić information content (AvgIpc) is 2.44. The third-order valence-corrected chi connectivity index (χ3v) is 4.45. The van der Waals surface area contributed by atoms with E-state index < -0.39 is 5.60 Å². The Bertz CT molecular complexity index is 438.